The van der Waals surface area contributed by atoms with Crippen LogP contribution < -0.4 is 5.32 Å². The molecule has 0 unspecified atom stereocenters. The van der Waals surface area contributed by atoms with Crippen LogP contribution in [0.5, 0.6) is 0 Å². The fourth-order valence-corrected chi connectivity index (χ4v) is 6.25. The van der Waals surface area contributed by atoms with Gasteiger partial charge in [0.05, 0.1) is 24.4 Å². The average Bonchev–Trinajstić information content (AvgIpc) is 3.10. The van der Waals surface area contributed by atoms with Gasteiger partial charge in [0, 0.05) is 43.3 Å². The number of aliphatic carboxylic acids is 1. The van der Waals surface area contributed by atoms with E-state index in [1.165, 1.54) is 17.8 Å². The fourth-order valence-electron chi connectivity index (χ4n) is 5.25. The number of thioether (sulfide) groups is 1. The Bertz CT molecular complexity index is 1680. The highest BCUT2D eigenvalue weighted by Crippen LogP contribution is 2.40. The minimum atomic E-state index is -1.03. The minimum absolute atomic E-state index is 0.0351. The van der Waals surface area contributed by atoms with Crippen LogP contribution in [0.3, 0.4) is 0 Å². The maximum absolute atomic E-state index is 12.1. The smallest absolute Gasteiger partial charge is 0.338 e. The number of aliphatic hydroxyl groups is 1. The minimum Gasteiger partial charge on any atom is -0.481 e. The summed E-state index contributed by atoms with van der Waals surface area (Å²) in [5.41, 5.74) is 5.60. The standard InChI is InChI=1S/C36H36N2O8S/c39-21-23-9-11-26(12-10-23)31-19-29(22-47-34-30(35(43)44)6-3-17-37-34)45-36(46-31)27-15-13-25(14-16-27)28-5-1-4-24(18-28)20-38-32(40)7-2-8-33(41)42/h1,3-6,9-18,29,31,36,39H,2,7-8,19-22H2,(H,38,40)(H,41,42)(H,43,44)/t29-,31+,36+/m1/s1. The third-order valence-electron chi connectivity index (χ3n) is 7.75. The van der Waals surface area contributed by atoms with Gasteiger partial charge in [0.25, 0.3) is 0 Å². The fraction of sp³-hybridized carbons (Fsp3) is 0.278. The highest BCUT2D eigenvalue weighted by molar-refractivity contribution is 7.99. The summed E-state index contributed by atoms with van der Waals surface area (Å²) in [6, 6.07) is 26.5. The summed E-state index contributed by atoms with van der Waals surface area (Å²) in [6.45, 7) is 0.291. The third kappa shape index (κ3) is 9.49. The first-order valence-electron chi connectivity index (χ1n) is 15.3. The zero-order chi connectivity index (χ0) is 33.2. The summed E-state index contributed by atoms with van der Waals surface area (Å²) in [5, 5.41) is 31.1. The van der Waals surface area contributed by atoms with Crippen molar-refractivity contribution < 1.29 is 39.2 Å². The highest BCUT2D eigenvalue weighted by atomic mass is 32.2. The summed E-state index contributed by atoms with van der Waals surface area (Å²) in [7, 11) is 0. The maximum atomic E-state index is 12.1. The van der Waals surface area contributed by atoms with Gasteiger partial charge in [0.15, 0.2) is 6.29 Å². The summed E-state index contributed by atoms with van der Waals surface area (Å²) in [4.78, 5) is 38.8. The maximum Gasteiger partial charge on any atom is 0.338 e. The van der Waals surface area contributed by atoms with Crippen LogP contribution in [0.25, 0.3) is 11.1 Å². The summed E-state index contributed by atoms with van der Waals surface area (Å²) in [5.74, 6) is -1.66. The Morgan fingerprint density at radius 3 is 2.34 bits per heavy atom. The molecule has 1 aliphatic heterocycles. The van der Waals surface area contributed by atoms with Crippen molar-refractivity contribution in [1.29, 1.82) is 0 Å². The van der Waals surface area contributed by atoms with Gasteiger partial charge in [-0.2, -0.15) is 0 Å². The van der Waals surface area contributed by atoms with Crippen LogP contribution >= 0.6 is 11.8 Å². The van der Waals surface area contributed by atoms with E-state index in [1.807, 2.05) is 72.8 Å². The van der Waals surface area contributed by atoms with Crippen molar-refractivity contribution in [2.75, 3.05) is 5.75 Å². The predicted octanol–water partition coefficient (Wildman–Crippen LogP) is 6.15. The SMILES string of the molecule is O=C(O)CCCC(=O)NCc1cccc(-c2ccc([C@H]3O[C@@H](CSc4ncccc4C(=O)O)C[C@@H](c4ccc(CO)cc4)O3)cc2)c1. The Morgan fingerprint density at radius 1 is 0.851 bits per heavy atom. The number of benzene rings is 3. The lowest BCUT2D eigenvalue weighted by Crippen LogP contribution is -2.31. The Balaban J connectivity index is 1.28. The van der Waals surface area contributed by atoms with Gasteiger partial charge in [-0.1, -0.05) is 66.7 Å². The number of nitrogens with one attached hydrogen (secondary N) is 1. The number of hydrogen-bond donors (Lipinski definition) is 4. The molecule has 1 fully saturated rings. The van der Waals surface area contributed by atoms with Crippen LogP contribution in [0.1, 0.15) is 70.7 Å². The molecule has 11 heteroatoms. The number of aromatic carboxylic acids is 1. The van der Waals surface area contributed by atoms with Crippen LogP contribution in [-0.4, -0.2) is 50.0 Å². The van der Waals surface area contributed by atoms with E-state index in [4.69, 9.17) is 14.6 Å². The first kappa shape index (κ1) is 33.8. The third-order valence-corrected chi connectivity index (χ3v) is 8.89. The molecule has 1 amide bonds. The number of aromatic nitrogens is 1. The number of amides is 1. The molecule has 0 bridgehead atoms. The molecule has 2 heterocycles. The Morgan fingerprint density at radius 2 is 1.62 bits per heavy atom. The van der Waals surface area contributed by atoms with Crippen LogP contribution in [0.2, 0.25) is 0 Å². The first-order valence-corrected chi connectivity index (χ1v) is 16.3. The second kappa shape index (κ2) is 16.3. The molecule has 0 aliphatic carbocycles. The summed E-state index contributed by atoms with van der Waals surface area (Å²) in [6.07, 6.45) is 1.34. The van der Waals surface area contributed by atoms with E-state index in [9.17, 15) is 24.6 Å². The van der Waals surface area contributed by atoms with Crippen molar-refractivity contribution in [2.24, 2.45) is 0 Å². The molecule has 3 atom stereocenters. The largest absolute Gasteiger partial charge is 0.481 e. The van der Waals surface area contributed by atoms with E-state index in [-0.39, 0.29) is 43.1 Å². The Kier molecular flexibility index (Phi) is 11.7. The Hall–Kier alpha value is -4.55. The van der Waals surface area contributed by atoms with Gasteiger partial charge >= 0.3 is 11.9 Å². The number of aliphatic hydroxyl groups excluding tert-OH is 1. The van der Waals surface area contributed by atoms with Crippen molar-refractivity contribution in [3.8, 4) is 11.1 Å². The van der Waals surface area contributed by atoms with Crippen molar-refractivity contribution in [1.82, 2.24) is 10.3 Å². The van der Waals surface area contributed by atoms with Gasteiger partial charge < -0.3 is 30.1 Å². The van der Waals surface area contributed by atoms with Gasteiger partial charge in [0.2, 0.25) is 5.91 Å². The molecule has 0 radical (unpaired) electrons. The molecule has 47 heavy (non-hydrogen) atoms. The number of ether oxygens (including phenoxy) is 2. The van der Waals surface area contributed by atoms with Gasteiger partial charge in [-0.15, -0.1) is 11.8 Å². The molecule has 1 saturated heterocycles. The van der Waals surface area contributed by atoms with E-state index in [2.05, 4.69) is 10.3 Å². The zero-order valence-electron chi connectivity index (χ0n) is 25.6. The van der Waals surface area contributed by atoms with E-state index in [0.717, 1.165) is 33.4 Å². The molecule has 244 valence electrons. The molecule has 0 saturated carbocycles. The molecule has 1 aliphatic rings. The Labute approximate surface area is 276 Å². The molecule has 3 aromatic carbocycles. The zero-order valence-corrected chi connectivity index (χ0v) is 26.4. The van der Waals surface area contributed by atoms with Gasteiger partial charge in [0.1, 0.15) is 5.03 Å². The monoisotopic (exact) mass is 656 g/mol. The summed E-state index contributed by atoms with van der Waals surface area (Å²) >= 11 is 1.34. The predicted molar refractivity (Wildman–Crippen MR) is 176 cm³/mol. The molecule has 10 nitrogen and oxygen atoms in total. The lowest BCUT2D eigenvalue weighted by molar-refractivity contribution is -0.245. The van der Waals surface area contributed by atoms with E-state index in [0.29, 0.717) is 30.2 Å². The number of nitrogens with zero attached hydrogens (tertiary/aromatic N) is 1. The molecule has 5 rings (SSSR count). The van der Waals surface area contributed by atoms with Gasteiger partial charge in [-0.05, 0) is 52.4 Å². The topological polar surface area (TPSA) is 155 Å². The summed E-state index contributed by atoms with van der Waals surface area (Å²) < 4.78 is 12.9. The number of carbonyl (C=O) groups is 3. The van der Waals surface area contributed by atoms with Crippen molar-refractivity contribution in [3.63, 3.8) is 0 Å². The second-order valence-electron chi connectivity index (χ2n) is 11.2. The highest BCUT2D eigenvalue weighted by Gasteiger charge is 2.32. The van der Waals surface area contributed by atoms with Gasteiger partial charge in [-0.3, -0.25) is 9.59 Å². The van der Waals surface area contributed by atoms with Crippen molar-refractivity contribution in [2.45, 2.75) is 62.4 Å². The number of carboxylic acids is 2. The molecule has 0 spiro atoms. The number of pyridine rings is 1. The van der Waals surface area contributed by atoms with Crippen molar-refractivity contribution in [3.05, 3.63) is 119 Å². The van der Waals surface area contributed by atoms with E-state index >= 15 is 0 Å². The number of carbonyl (C=O) groups excluding carboxylic acids is 1. The molecular weight excluding hydrogens is 620 g/mol. The molecule has 1 aromatic heterocycles. The molecule has 4 aromatic rings. The normalized spacial score (nSPS) is 17.6. The first-order chi connectivity index (χ1) is 22.8. The lowest BCUT2D eigenvalue weighted by atomic mass is 9.99. The van der Waals surface area contributed by atoms with E-state index < -0.39 is 18.2 Å². The number of rotatable bonds is 14. The molecule has 4 N–H and O–H groups in total. The van der Waals surface area contributed by atoms with Crippen LogP contribution in [0.4, 0.5) is 0 Å². The van der Waals surface area contributed by atoms with Crippen molar-refractivity contribution >= 4 is 29.6 Å². The quantitative estimate of drug-likeness (QED) is 0.116. The van der Waals surface area contributed by atoms with Gasteiger partial charge in [-0.25, -0.2) is 9.78 Å². The van der Waals surface area contributed by atoms with Crippen LogP contribution in [0, 0.1) is 0 Å². The van der Waals surface area contributed by atoms with Crippen LogP contribution in [-0.2, 0) is 32.2 Å². The second-order valence-corrected chi connectivity index (χ2v) is 12.2. The average molecular weight is 657 g/mol. The number of hydrogen-bond acceptors (Lipinski definition) is 8. The number of carboxylic acid groups (broad SMARTS) is 2. The van der Waals surface area contributed by atoms with Crippen LogP contribution in [0.15, 0.2) is 96.2 Å². The molecular formula is C36H36N2O8S. The lowest BCUT2D eigenvalue weighted by Gasteiger charge is -2.36. The van der Waals surface area contributed by atoms with E-state index in [1.54, 1.807) is 12.3 Å².